The summed E-state index contributed by atoms with van der Waals surface area (Å²) < 4.78 is 14.6. The van der Waals surface area contributed by atoms with Crippen molar-refractivity contribution in [3.63, 3.8) is 0 Å². The van der Waals surface area contributed by atoms with E-state index in [0.717, 1.165) is 15.8 Å². The summed E-state index contributed by atoms with van der Waals surface area (Å²) in [5.41, 5.74) is 2.76. The first-order valence-corrected chi connectivity index (χ1v) is 6.82. The van der Waals surface area contributed by atoms with Crippen LogP contribution >= 0.6 is 15.9 Å². The molecular weight excluding hydrogens is 307 g/mol. The Kier molecular flexibility index (Phi) is 4.43. The Labute approximate surface area is 121 Å². The molecule has 0 bridgehead atoms. The molecule has 0 amide bonds. The second kappa shape index (κ2) is 6.06. The Hall–Kier alpha value is -1.55. The largest absolute Gasteiger partial charge is 0.388 e. The predicted octanol–water partition coefficient (Wildman–Crippen LogP) is 4.27. The van der Waals surface area contributed by atoms with Crippen LogP contribution in [0.25, 0.3) is 0 Å². The Bertz CT molecular complexity index is 572. The van der Waals surface area contributed by atoms with Gasteiger partial charge in [-0.25, -0.2) is 4.39 Å². The van der Waals surface area contributed by atoms with E-state index in [9.17, 15) is 4.39 Å². The van der Waals surface area contributed by atoms with Crippen LogP contribution in [0.15, 0.2) is 46.9 Å². The molecule has 0 radical (unpaired) electrons. The highest BCUT2D eigenvalue weighted by atomic mass is 79.9. The molecule has 2 aromatic carbocycles. The molecule has 0 saturated heterocycles. The fourth-order valence-corrected chi connectivity index (χ4v) is 2.32. The minimum atomic E-state index is -0.181. The van der Waals surface area contributed by atoms with Gasteiger partial charge < -0.3 is 10.2 Å². The van der Waals surface area contributed by atoms with Crippen LogP contribution in [0.5, 0.6) is 0 Å². The van der Waals surface area contributed by atoms with Gasteiger partial charge in [-0.05, 0) is 36.4 Å². The van der Waals surface area contributed by atoms with E-state index in [1.807, 2.05) is 49.3 Å². The lowest BCUT2D eigenvalue weighted by atomic mass is 10.2. The number of nitrogens with zero attached hydrogens (tertiary/aromatic N) is 1. The molecule has 0 saturated carbocycles. The monoisotopic (exact) mass is 322 g/mol. The Morgan fingerprint density at radius 3 is 2.74 bits per heavy atom. The van der Waals surface area contributed by atoms with E-state index in [1.54, 1.807) is 6.07 Å². The minimum Gasteiger partial charge on any atom is -0.388 e. The third-order valence-electron chi connectivity index (χ3n) is 2.99. The molecule has 1 N–H and O–H groups in total. The summed E-state index contributed by atoms with van der Waals surface area (Å²) in [5.74, 6) is -0.181. The van der Waals surface area contributed by atoms with Gasteiger partial charge in [-0.2, -0.15) is 0 Å². The number of rotatable bonds is 4. The number of hydrogen-bond donors (Lipinski definition) is 1. The number of hydrogen-bond acceptors (Lipinski definition) is 2. The molecule has 19 heavy (non-hydrogen) atoms. The molecule has 0 heterocycles. The molecular formula is C15H16BrFN2. The lowest BCUT2D eigenvalue weighted by molar-refractivity contribution is 0.607. The maximum atomic E-state index is 13.7. The topological polar surface area (TPSA) is 15.3 Å². The van der Waals surface area contributed by atoms with E-state index in [-0.39, 0.29) is 5.82 Å². The van der Waals surface area contributed by atoms with E-state index < -0.39 is 0 Å². The zero-order valence-electron chi connectivity index (χ0n) is 11.0. The zero-order valence-corrected chi connectivity index (χ0v) is 12.5. The number of halogens is 2. The van der Waals surface area contributed by atoms with Crippen LogP contribution in [0.2, 0.25) is 0 Å². The number of anilines is 2. The molecule has 0 aliphatic rings. The normalized spacial score (nSPS) is 10.3. The third kappa shape index (κ3) is 3.47. The minimum absolute atomic E-state index is 0.181. The van der Waals surface area contributed by atoms with Crippen molar-refractivity contribution < 1.29 is 4.39 Å². The van der Waals surface area contributed by atoms with Gasteiger partial charge in [0.1, 0.15) is 5.82 Å². The first-order valence-electron chi connectivity index (χ1n) is 6.03. The summed E-state index contributed by atoms with van der Waals surface area (Å²) in [6.45, 7) is 0.526. The highest BCUT2D eigenvalue weighted by molar-refractivity contribution is 9.10. The van der Waals surface area contributed by atoms with Crippen molar-refractivity contribution in [3.05, 3.63) is 58.3 Å². The molecule has 0 atom stereocenters. The second-order valence-electron chi connectivity index (χ2n) is 4.39. The fourth-order valence-electron chi connectivity index (χ4n) is 1.91. The van der Waals surface area contributed by atoms with Gasteiger partial charge in [0.05, 0.1) is 0 Å². The van der Waals surface area contributed by atoms with Crippen molar-refractivity contribution in [2.75, 3.05) is 24.3 Å². The summed E-state index contributed by atoms with van der Waals surface area (Å²) in [5, 5.41) is 3.10. The van der Waals surface area contributed by atoms with Gasteiger partial charge >= 0.3 is 0 Å². The predicted molar refractivity (Wildman–Crippen MR) is 82.2 cm³/mol. The van der Waals surface area contributed by atoms with Gasteiger partial charge in [0.15, 0.2) is 0 Å². The van der Waals surface area contributed by atoms with Crippen LogP contribution in [0, 0.1) is 5.82 Å². The average molecular weight is 323 g/mol. The second-order valence-corrected chi connectivity index (χ2v) is 5.31. The molecule has 0 unspecified atom stereocenters. The summed E-state index contributed by atoms with van der Waals surface area (Å²) in [6.07, 6.45) is 0. The fraction of sp³-hybridized carbons (Fsp3) is 0.200. The Balaban J connectivity index is 2.20. The summed E-state index contributed by atoms with van der Waals surface area (Å²) in [7, 11) is 3.84. The van der Waals surface area contributed by atoms with E-state index in [2.05, 4.69) is 21.2 Å². The van der Waals surface area contributed by atoms with Crippen molar-refractivity contribution in [1.29, 1.82) is 0 Å². The van der Waals surface area contributed by atoms with Gasteiger partial charge in [-0.3, -0.25) is 0 Å². The molecule has 2 nitrogen and oxygen atoms in total. The highest BCUT2D eigenvalue weighted by Gasteiger charge is 2.07. The smallest absolute Gasteiger partial charge is 0.128 e. The Morgan fingerprint density at radius 1 is 1.21 bits per heavy atom. The summed E-state index contributed by atoms with van der Waals surface area (Å²) in [4.78, 5) is 2.02. The highest BCUT2D eigenvalue weighted by Crippen LogP contribution is 2.22. The van der Waals surface area contributed by atoms with Gasteiger partial charge in [0, 0.05) is 42.1 Å². The van der Waals surface area contributed by atoms with Crippen LogP contribution in [-0.4, -0.2) is 14.1 Å². The van der Waals surface area contributed by atoms with Crippen molar-refractivity contribution in [2.24, 2.45) is 0 Å². The quantitative estimate of drug-likeness (QED) is 0.904. The van der Waals surface area contributed by atoms with Crippen molar-refractivity contribution >= 4 is 27.3 Å². The van der Waals surface area contributed by atoms with E-state index in [1.165, 1.54) is 6.07 Å². The zero-order chi connectivity index (χ0) is 13.8. The van der Waals surface area contributed by atoms with Crippen LogP contribution in [-0.2, 0) is 6.54 Å². The first-order chi connectivity index (χ1) is 9.10. The SMILES string of the molecule is CNc1cccc(N(C)Cc2cc(Br)ccc2F)c1. The molecule has 0 aliphatic heterocycles. The Morgan fingerprint density at radius 2 is 2.00 bits per heavy atom. The van der Waals surface area contributed by atoms with Crippen LogP contribution in [0.1, 0.15) is 5.56 Å². The first kappa shape index (κ1) is 13.9. The molecule has 0 spiro atoms. The molecule has 2 aromatic rings. The van der Waals surface area contributed by atoms with Gasteiger partial charge in [-0.15, -0.1) is 0 Å². The van der Waals surface area contributed by atoms with E-state index in [4.69, 9.17) is 0 Å². The van der Waals surface area contributed by atoms with Crippen LogP contribution in [0.4, 0.5) is 15.8 Å². The van der Waals surface area contributed by atoms with Crippen molar-refractivity contribution in [2.45, 2.75) is 6.54 Å². The average Bonchev–Trinajstić information content (AvgIpc) is 2.43. The van der Waals surface area contributed by atoms with Crippen LogP contribution < -0.4 is 10.2 Å². The van der Waals surface area contributed by atoms with E-state index in [0.29, 0.717) is 12.1 Å². The van der Waals surface area contributed by atoms with Crippen molar-refractivity contribution in [1.82, 2.24) is 0 Å². The molecule has 0 fully saturated rings. The standard InChI is InChI=1S/C15H16BrFN2/c1-18-13-4-3-5-14(9-13)19(2)10-11-8-12(16)6-7-15(11)17/h3-9,18H,10H2,1-2H3. The van der Waals surface area contributed by atoms with Crippen LogP contribution in [0.3, 0.4) is 0 Å². The number of benzene rings is 2. The molecule has 0 aliphatic carbocycles. The summed E-state index contributed by atoms with van der Waals surface area (Å²) in [6, 6.07) is 13.0. The number of nitrogens with one attached hydrogen (secondary N) is 1. The third-order valence-corrected chi connectivity index (χ3v) is 3.48. The summed E-state index contributed by atoms with van der Waals surface area (Å²) >= 11 is 3.37. The van der Waals surface area contributed by atoms with Crippen molar-refractivity contribution in [3.8, 4) is 0 Å². The molecule has 0 aromatic heterocycles. The van der Waals surface area contributed by atoms with Gasteiger partial charge in [-0.1, -0.05) is 22.0 Å². The molecule has 4 heteroatoms. The molecule has 100 valence electrons. The molecule has 2 rings (SSSR count). The maximum Gasteiger partial charge on any atom is 0.128 e. The lowest BCUT2D eigenvalue weighted by Crippen LogP contribution is -2.17. The maximum absolute atomic E-state index is 13.7. The lowest BCUT2D eigenvalue weighted by Gasteiger charge is -2.20. The van der Waals surface area contributed by atoms with E-state index >= 15 is 0 Å². The van der Waals surface area contributed by atoms with Gasteiger partial charge in [0.2, 0.25) is 0 Å². The van der Waals surface area contributed by atoms with Gasteiger partial charge in [0.25, 0.3) is 0 Å².